The van der Waals surface area contributed by atoms with Crippen LogP contribution >= 0.6 is 0 Å². The summed E-state index contributed by atoms with van der Waals surface area (Å²) in [6, 6.07) is 23.5. The highest BCUT2D eigenvalue weighted by Gasteiger charge is 2.12. The van der Waals surface area contributed by atoms with E-state index in [1.165, 1.54) is 27.9 Å². The standard InChI is InChI=1S/C22H20N2/c1-17-12-14-24-20(15-17)16-21(18-7-3-2-4-8-18)22(24)11-10-19-9-5-6-13-23-19/h2-9,12-16H,10-11H2,1H3. The molecule has 3 aromatic heterocycles. The minimum Gasteiger partial charge on any atom is -0.320 e. The maximum Gasteiger partial charge on any atom is 0.0461 e. The number of hydrogen-bond donors (Lipinski definition) is 0. The number of benzene rings is 1. The van der Waals surface area contributed by atoms with Crippen molar-refractivity contribution < 1.29 is 0 Å². The lowest BCUT2D eigenvalue weighted by Crippen LogP contribution is -1.99. The van der Waals surface area contributed by atoms with Gasteiger partial charge in [0.25, 0.3) is 0 Å². The van der Waals surface area contributed by atoms with Gasteiger partial charge >= 0.3 is 0 Å². The van der Waals surface area contributed by atoms with Crippen molar-refractivity contribution in [2.45, 2.75) is 19.8 Å². The topological polar surface area (TPSA) is 17.3 Å². The second-order valence-electron chi connectivity index (χ2n) is 6.19. The number of fused-ring (bicyclic) bond motifs is 1. The summed E-state index contributed by atoms with van der Waals surface area (Å²) in [5.74, 6) is 0. The van der Waals surface area contributed by atoms with Crippen LogP contribution in [0.4, 0.5) is 0 Å². The molecule has 4 rings (SSSR count). The van der Waals surface area contributed by atoms with Crippen LogP contribution in [0.15, 0.2) is 79.1 Å². The van der Waals surface area contributed by atoms with Gasteiger partial charge in [0.2, 0.25) is 0 Å². The Labute approximate surface area is 142 Å². The van der Waals surface area contributed by atoms with Crippen molar-refractivity contribution in [2.75, 3.05) is 0 Å². The van der Waals surface area contributed by atoms with E-state index in [0.717, 1.165) is 18.5 Å². The zero-order valence-corrected chi connectivity index (χ0v) is 13.8. The van der Waals surface area contributed by atoms with Crippen molar-refractivity contribution in [3.8, 4) is 11.1 Å². The van der Waals surface area contributed by atoms with Gasteiger partial charge < -0.3 is 4.40 Å². The van der Waals surface area contributed by atoms with Gasteiger partial charge in [-0.15, -0.1) is 0 Å². The van der Waals surface area contributed by atoms with E-state index in [2.05, 4.69) is 83.2 Å². The maximum absolute atomic E-state index is 4.47. The van der Waals surface area contributed by atoms with E-state index in [1.54, 1.807) is 0 Å². The Morgan fingerprint density at radius 3 is 2.50 bits per heavy atom. The van der Waals surface area contributed by atoms with Crippen molar-refractivity contribution in [3.05, 3.63) is 96.1 Å². The molecule has 0 N–H and O–H groups in total. The monoisotopic (exact) mass is 312 g/mol. The van der Waals surface area contributed by atoms with E-state index in [0.29, 0.717) is 0 Å². The van der Waals surface area contributed by atoms with E-state index in [4.69, 9.17) is 0 Å². The summed E-state index contributed by atoms with van der Waals surface area (Å²) < 4.78 is 2.32. The molecule has 0 radical (unpaired) electrons. The van der Waals surface area contributed by atoms with Crippen molar-refractivity contribution in [2.24, 2.45) is 0 Å². The molecule has 0 spiro atoms. The molecule has 0 amide bonds. The molecule has 3 heterocycles. The van der Waals surface area contributed by atoms with Gasteiger partial charge in [-0.1, -0.05) is 36.4 Å². The summed E-state index contributed by atoms with van der Waals surface area (Å²) in [6.07, 6.45) is 5.97. The average Bonchev–Trinajstić information content (AvgIpc) is 2.99. The zero-order valence-electron chi connectivity index (χ0n) is 13.8. The van der Waals surface area contributed by atoms with Crippen molar-refractivity contribution in [1.82, 2.24) is 9.38 Å². The second-order valence-corrected chi connectivity index (χ2v) is 6.19. The number of rotatable bonds is 4. The molecule has 0 saturated heterocycles. The van der Waals surface area contributed by atoms with Crippen LogP contribution in [-0.4, -0.2) is 9.38 Å². The highest BCUT2D eigenvalue weighted by atomic mass is 14.9. The Hall–Kier alpha value is -2.87. The van der Waals surface area contributed by atoms with Gasteiger partial charge in [0.1, 0.15) is 0 Å². The van der Waals surface area contributed by atoms with Gasteiger partial charge in [0.15, 0.2) is 0 Å². The molecule has 0 aliphatic carbocycles. The van der Waals surface area contributed by atoms with Gasteiger partial charge in [-0.3, -0.25) is 4.98 Å². The number of pyridine rings is 2. The summed E-state index contributed by atoms with van der Waals surface area (Å²) in [5, 5.41) is 0. The van der Waals surface area contributed by atoms with Gasteiger partial charge in [-0.25, -0.2) is 0 Å². The highest BCUT2D eigenvalue weighted by Crippen LogP contribution is 2.29. The first kappa shape index (κ1) is 14.7. The van der Waals surface area contributed by atoms with E-state index >= 15 is 0 Å². The molecule has 1 aromatic carbocycles. The molecule has 2 nitrogen and oxygen atoms in total. The third-order valence-electron chi connectivity index (χ3n) is 4.46. The fraction of sp³-hybridized carbons (Fsp3) is 0.136. The number of aryl methyl sites for hydroxylation is 3. The van der Waals surface area contributed by atoms with E-state index in [9.17, 15) is 0 Å². The van der Waals surface area contributed by atoms with Gasteiger partial charge in [-0.05, 0) is 61.2 Å². The van der Waals surface area contributed by atoms with Crippen LogP contribution < -0.4 is 0 Å². The van der Waals surface area contributed by atoms with Crippen molar-refractivity contribution in [1.29, 1.82) is 0 Å². The molecule has 0 fully saturated rings. The predicted octanol–water partition coefficient (Wildman–Crippen LogP) is 5.09. The SMILES string of the molecule is Cc1ccn2c(CCc3ccccn3)c(-c3ccccc3)cc2c1. The number of hydrogen-bond acceptors (Lipinski definition) is 1. The molecule has 0 aliphatic heterocycles. The zero-order chi connectivity index (χ0) is 16.4. The van der Waals surface area contributed by atoms with Crippen molar-refractivity contribution >= 4 is 5.52 Å². The van der Waals surface area contributed by atoms with Gasteiger partial charge in [0.05, 0.1) is 0 Å². The lowest BCUT2D eigenvalue weighted by Gasteiger charge is -2.07. The Bertz CT molecular complexity index is 953. The number of aromatic nitrogens is 2. The molecular formula is C22H20N2. The highest BCUT2D eigenvalue weighted by molar-refractivity contribution is 5.74. The molecule has 0 atom stereocenters. The number of nitrogens with zero attached hydrogens (tertiary/aromatic N) is 2. The summed E-state index contributed by atoms with van der Waals surface area (Å²) in [4.78, 5) is 4.47. The lowest BCUT2D eigenvalue weighted by molar-refractivity contribution is 0.868. The van der Waals surface area contributed by atoms with Crippen LogP contribution in [0.5, 0.6) is 0 Å². The van der Waals surface area contributed by atoms with Crippen LogP contribution in [0.2, 0.25) is 0 Å². The predicted molar refractivity (Wildman–Crippen MR) is 99.2 cm³/mol. The third-order valence-corrected chi connectivity index (χ3v) is 4.46. The molecule has 4 aromatic rings. The summed E-state index contributed by atoms with van der Waals surface area (Å²) in [5.41, 5.74) is 7.62. The van der Waals surface area contributed by atoms with Gasteiger partial charge in [0, 0.05) is 34.9 Å². The maximum atomic E-state index is 4.47. The average molecular weight is 312 g/mol. The van der Waals surface area contributed by atoms with Crippen LogP contribution in [0.1, 0.15) is 17.0 Å². The molecule has 0 unspecified atom stereocenters. The Morgan fingerprint density at radius 2 is 1.71 bits per heavy atom. The smallest absolute Gasteiger partial charge is 0.0461 e. The fourth-order valence-electron chi connectivity index (χ4n) is 3.26. The van der Waals surface area contributed by atoms with Crippen LogP contribution in [0.25, 0.3) is 16.6 Å². The summed E-state index contributed by atoms with van der Waals surface area (Å²) >= 11 is 0. The lowest BCUT2D eigenvalue weighted by atomic mass is 10.0. The molecular weight excluding hydrogens is 292 g/mol. The third kappa shape index (κ3) is 2.83. The van der Waals surface area contributed by atoms with E-state index < -0.39 is 0 Å². The first-order valence-corrected chi connectivity index (χ1v) is 8.37. The fourth-order valence-corrected chi connectivity index (χ4v) is 3.26. The van der Waals surface area contributed by atoms with Crippen LogP contribution in [0, 0.1) is 6.92 Å². The first-order chi connectivity index (χ1) is 11.8. The second kappa shape index (κ2) is 6.32. The minimum atomic E-state index is 0.945. The molecule has 0 aliphatic rings. The van der Waals surface area contributed by atoms with Gasteiger partial charge in [-0.2, -0.15) is 0 Å². The van der Waals surface area contributed by atoms with E-state index in [1.807, 2.05) is 12.3 Å². The minimum absolute atomic E-state index is 0.945. The molecule has 24 heavy (non-hydrogen) atoms. The first-order valence-electron chi connectivity index (χ1n) is 8.37. The molecule has 2 heteroatoms. The quantitative estimate of drug-likeness (QED) is 0.513. The summed E-state index contributed by atoms with van der Waals surface area (Å²) in [7, 11) is 0. The Balaban J connectivity index is 1.79. The molecule has 0 saturated carbocycles. The van der Waals surface area contributed by atoms with Crippen LogP contribution in [-0.2, 0) is 12.8 Å². The summed E-state index contributed by atoms with van der Waals surface area (Å²) in [6.45, 7) is 2.14. The normalized spacial score (nSPS) is 11.0. The Kier molecular flexibility index (Phi) is 3.87. The Morgan fingerprint density at radius 1 is 0.875 bits per heavy atom. The van der Waals surface area contributed by atoms with E-state index in [-0.39, 0.29) is 0 Å². The largest absolute Gasteiger partial charge is 0.320 e. The van der Waals surface area contributed by atoms with Crippen molar-refractivity contribution in [3.63, 3.8) is 0 Å². The molecule has 118 valence electrons. The van der Waals surface area contributed by atoms with Crippen LogP contribution in [0.3, 0.4) is 0 Å². The molecule has 0 bridgehead atoms.